The molecule has 0 saturated heterocycles. The maximum Gasteiger partial charge on any atom is 0.305 e. The van der Waals surface area contributed by atoms with E-state index < -0.39 is 12.0 Å². The van der Waals surface area contributed by atoms with Crippen molar-refractivity contribution < 1.29 is 14.6 Å². The molecule has 1 saturated carbocycles. The smallest absolute Gasteiger partial charge is 0.305 e. The average molecular weight is 270 g/mol. The lowest BCUT2D eigenvalue weighted by Crippen LogP contribution is -2.16. The maximum absolute atomic E-state index is 10.7. The van der Waals surface area contributed by atoms with E-state index in [-0.39, 0.29) is 6.42 Å². The zero-order chi connectivity index (χ0) is 13.1. The highest BCUT2D eigenvalue weighted by Crippen LogP contribution is 2.36. The molecular weight excluding hydrogens is 254 g/mol. The summed E-state index contributed by atoms with van der Waals surface area (Å²) >= 11 is 6.09. The van der Waals surface area contributed by atoms with Gasteiger partial charge in [0.05, 0.1) is 18.1 Å². The Bertz CT molecular complexity index is 446. The van der Waals surface area contributed by atoms with Crippen molar-refractivity contribution in [1.82, 2.24) is 0 Å². The van der Waals surface area contributed by atoms with Crippen LogP contribution in [0.4, 0.5) is 0 Å². The normalized spacial score (nSPS) is 16.3. The molecule has 0 aromatic heterocycles. The van der Waals surface area contributed by atoms with E-state index in [1.807, 2.05) is 0 Å². The quantitative estimate of drug-likeness (QED) is 0.833. The first kappa shape index (κ1) is 13.2. The largest absolute Gasteiger partial charge is 0.491 e. The minimum atomic E-state index is -0.935. The van der Waals surface area contributed by atoms with Crippen LogP contribution in [0.1, 0.15) is 30.9 Å². The van der Waals surface area contributed by atoms with Crippen molar-refractivity contribution >= 4 is 17.6 Å². The van der Waals surface area contributed by atoms with Gasteiger partial charge in [0.1, 0.15) is 5.75 Å². The zero-order valence-corrected chi connectivity index (χ0v) is 10.7. The minimum Gasteiger partial charge on any atom is -0.491 e. The van der Waals surface area contributed by atoms with Gasteiger partial charge in [-0.3, -0.25) is 4.79 Å². The fourth-order valence-corrected chi connectivity index (χ4v) is 1.99. The average Bonchev–Trinajstić information content (AvgIpc) is 3.10. The van der Waals surface area contributed by atoms with Crippen LogP contribution in [-0.4, -0.2) is 17.7 Å². The van der Waals surface area contributed by atoms with Crippen LogP contribution in [0.15, 0.2) is 18.2 Å². The predicted molar refractivity (Wildman–Crippen MR) is 68.9 cm³/mol. The fourth-order valence-electron chi connectivity index (χ4n) is 1.75. The highest BCUT2D eigenvalue weighted by Gasteiger charge is 2.24. The number of aliphatic carboxylic acids is 1. The molecule has 0 amide bonds. The summed E-state index contributed by atoms with van der Waals surface area (Å²) in [5.74, 6) is 0.195. The molecule has 0 radical (unpaired) electrons. The Morgan fingerprint density at radius 1 is 1.56 bits per heavy atom. The number of para-hydroxylation sites is 1. The van der Waals surface area contributed by atoms with Gasteiger partial charge in [0, 0.05) is 11.6 Å². The highest BCUT2D eigenvalue weighted by atomic mass is 35.5. The van der Waals surface area contributed by atoms with E-state index in [4.69, 9.17) is 27.2 Å². The molecule has 3 N–H and O–H groups in total. The van der Waals surface area contributed by atoms with E-state index in [9.17, 15) is 4.79 Å². The number of nitrogens with two attached hydrogens (primary N) is 1. The second-order valence-corrected chi connectivity index (χ2v) is 5.02. The molecule has 1 unspecified atom stereocenters. The van der Waals surface area contributed by atoms with Crippen molar-refractivity contribution in [2.45, 2.75) is 25.3 Å². The summed E-state index contributed by atoms with van der Waals surface area (Å²) in [7, 11) is 0. The number of carbonyl (C=O) groups is 1. The molecule has 0 heterocycles. The Hall–Kier alpha value is -1.26. The lowest BCUT2D eigenvalue weighted by atomic mass is 10.0. The molecule has 1 atom stereocenters. The SMILES string of the molecule is NC(CC(=O)O)c1cccc(Cl)c1OCC1CC1. The molecule has 2 rings (SSSR count). The minimum absolute atomic E-state index is 0.139. The number of ether oxygens (including phenoxy) is 1. The summed E-state index contributed by atoms with van der Waals surface area (Å²) in [6.45, 7) is 0.622. The molecule has 98 valence electrons. The Labute approximate surface area is 111 Å². The number of halogens is 1. The van der Waals surface area contributed by atoms with Crippen LogP contribution in [0.2, 0.25) is 5.02 Å². The molecule has 0 aliphatic heterocycles. The molecule has 1 aliphatic rings. The van der Waals surface area contributed by atoms with Crippen LogP contribution in [-0.2, 0) is 4.79 Å². The lowest BCUT2D eigenvalue weighted by Gasteiger charge is -2.16. The number of carboxylic acid groups (broad SMARTS) is 1. The first-order chi connectivity index (χ1) is 8.58. The Kier molecular flexibility index (Phi) is 4.09. The van der Waals surface area contributed by atoms with Crippen molar-refractivity contribution in [2.24, 2.45) is 11.7 Å². The van der Waals surface area contributed by atoms with Crippen LogP contribution in [0.5, 0.6) is 5.75 Å². The van der Waals surface area contributed by atoms with Gasteiger partial charge < -0.3 is 15.6 Å². The van der Waals surface area contributed by atoms with Crippen molar-refractivity contribution in [3.05, 3.63) is 28.8 Å². The van der Waals surface area contributed by atoms with Gasteiger partial charge in [-0.05, 0) is 24.8 Å². The van der Waals surface area contributed by atoms with Gasteiger partial charge in [0.15, 0.2) is 0 Å². The molecule has 1 fully saturated rings. The van der Waals surface area contributed by atoms with Crippen molar-refractivity contribution in [3.63, 3.8) is 0 Å². The second kappa shape index (κ2) is 5.59. The first-order valence-electron chi connectivity index (χ1n) is 5.96. The lowest BCUT2D eigenvalue weighted by molar-refractivity contribution is -0.137. The predicted octanol–water partition coefficient (Wildman–Crippen LogP) is 2.60. The van der Waals surface area contributed by atoms with Crippen LogP contribution in [0.25, 0.3) is 0 Å². The van der Waals surface area contributed by atoms with Crippen LogP contribution >= 0.6 is 11.6 Å². The first-order valence-corrected chi connectivity index (χ1v) is 6.34. The monoisotopic (exact) mass is 269 g/mol. The van der Waals surface area contributed by atoms with Crippen molar-refractivity contribution in [3.8, 4) is 5.75 Å². The molecule has 1 aromatic carbocycles. The third-order valence-corrected chi connectivity index (χ3v) is 3.25. The molecule has 4 nitrogen and oxygen atoms in total. The molecule has 0 bridgehead atoms. The van der Waals surface area contributed by atoms with E-state index in [1.165, 1.54) is 12.8 Å². The summed E-state index contributed by atoms with van der Waals surface area (Å²) in [6, 6.07) is 4.64. The molecule has 5 heteroatoms. The Morgan fingerprint density at radius 2 is 2.28 bits per heavy atom. The highest BCUT2D eigenvalue weighted by molar-refractivity contribution is 6.32. The number of hydrogen-bond donors (Lipinski definition) is 2. The molecule has 0 spiro atoms. The van der Waals surface area contributed by atoms with Gasteiger partial charge in [-0.15, -0.1) is 0 Å². The van der Waals surface area contributed by atoms with E-state index in [1.54, 1.807) is 18.2 Å². The number of benzene rings is 1. The molecule has 1 aliphatic carbocycles. The van der Waals surface area contributed by atoms with Crippen LogP contribution in [0.3, 0.4) is 0 Å². The summed E-state index contributed by atoms with van der Waals surface area (Å²) in [5, 5.41) is 9.26. The standard InChI is InChI=1S/C13H16ClNO3/c14-10-3-1-2-9(11(15)6-12(16)17)13(10)18-7-8-4-5-8/h1-3,8,11H,4-7,15H2,(H,16,17). The van der Waals surface area contributed by atoms with E-state index in [0.717, 1.165) is 0 Å². The van der Waals surface area contributed by atoms with Crippen molar-refractivity contribution in [2.75, 3.05) is 6.61 Å². The summed E-state index contributed by atoms with van der Waals surface area (Å²) in [4.78, 5) is 10.7. The molecule has 1 aromatic rings. The van der Waals surface area contributed by atoms with Gasteiger partial charge in [-0.2, -0.15) is 0 Å². The van der Waals surface area contributed by atoms with Gasteiger partial charge in [-0.1, -0.05) is 23.7 Å². The second-order valence-electron chi connectivity index (χ2n) is 4.62. The van der Waals surface area contributed by atoms with Gasteiger partial charge in [0.25, 0.3) is 0 Å². The topological polar surface area (TPSA) is 72.6 Å². The third kappa shape index (κ3) is 3.37. The number of hydrogen-bond acceptors (Lipinski definition) is 3. The summed E-state index contributed by atoms with van der Waals surface area (Å²) in [5.41, 5.74) is 6.53. The van der Waals surface area contributed by atoms with Gasteiger partial charge in [0.2, 0.25) is 0 Å². The van der Waals surface area contributed by atoms with E-state index in [2.05, 4.69) is 0 Å². The van der Waals surface area contributed by atoms with E-state index in [0.29, 0.717) is 28.9 Å². The summed E-state index contributed by atoms with van der Waals surface area (Å²) < 4.78 is 5.69. The zero-order valence-electron chi connectivity index (χ0n) is 9.93. The number of rotatable bonds is 6. The number of carboxylic acids is 1. The third-order valence-electron chi connectivity index (χ3n) is 2.95. The Morgan fingerprint density at radius 3 is 2.89 bits per heavy atom. The van der Waals surface area contributed by atoms with Crippen LogP contribution < -0.4 is 10.5 Å². The molecular formula is C13H16ClNO3. The van der Waals surface area contributed by atoms with Crippen LogP contribution in [0, 0.1) is 5.92 Å². The van der Waals surface area contributed by atoms with Gasteiger partial charge in [-0.25, -0.2) is 0 Å². The maximum atomic E-state index is 10.7. The fraction of sp³-hybridized carbons (Fsp3) is 0.462. The Balaban J connectivity index is 2.15. The van der Waals surface area contributed by atoms with Crippen molar-refractivity contribution in [1.29, 1.82) is 0 Å². The molecule has 18 heavy (non-hydrogen) atoms. The summed E-state index contributed by atoms with van der Waals surface area (Å²) in [6.07, 6.45) is 2.22. The van der Waals surface area contributed by atoms with Gasteiger partial charge >= 0.3 is 5.97 Å². The van der Waals surface area contributed by atoms with E-state index >= 15 is 0 Å².